The predicted octanol–water partition coefficient (Wildman–Crippen LogP) is 2.10. The van der Waals surface area contributed by atoms with Crippen LogP contribution in [0.4, 0.5) is 0 Å². The van der Waals surface area contributed by atoms with Crippen molar-refractivity contribution in [2.75, 3.05) is 0 Å². The van der Waals surface area contributed by atoms with Crippen molar-refractivity contribution in [1.29, 1.82) is 0 Å². The molecule has 0 spiro atoms. The molecule has 0 bridgehead atoms. The Hall–Kier alpha value is -2.30. The van der Waals surface area contributed by atoms with Crippen LogP contribution in [0.3, 0.4) is 0 Å². The summed E-state index contributed by atoms with van der Waals surface area (Å²) in [6.45, 7) is 1.83. The summed E-state index contributed by atoms with van der Waals surface area (Å²) in [5.41, 5.74) is 3.83. The van der Waals surface area contributed by atoms with Crippen LogP contribution in [0, 0.1) is 6.92 Å². The standard InChI is InChI=1S/C14H12BN3O/c1-9-6-10(8-15)7-13(14(9)19)18-16-11-4-2-3-5-12(11)17-18/h2-7,19H,8H2,1H3. The van der Waals surface area contributed by atoms with Crippen molar-refractivity contribution in [3.8, 4) is 11.4 Å². The van der Waals surface area contributed by atoms with E-state index < -0.39 is 0 Å². The van der Waals surface area contributed by atoms with Gasteiger partial charge in [-0.05, 0) is 30.7 Å². The third kappa shape index (κ3) is 1.97. The van der Waals surface area contributed by atoms with Crippen LogP contribution in [-0.4, -0.2) is 27.9 Å². The highest BCUT2D eigenvalue weighted by molar-refractivity contribution is 6.08. The third-order valence-corrected chi connectivity index (χ3v) is 3.08. The number of aromatic hydroxyl groups is 1. The number of rotatable bonds is 2. The van der Waals surface area contributed by atoms with E-state index in [9.17, 15) is 5.11 Å². The molecule has 0 saturated heterocycles. The van der Waals surface area contributed by atoms with Crippen molar-refractivity contribution in [3.05, 3.63) is 47.5 Å². The molecule has 2 aromatic carbocycles. The molecule has 0 fully saturated rings. The molecule has 1 N–H and O–H groups in total. The fourth-order valence-corrected chi connectivity index (χ4v) is 2.07. The fraction of sp³-hybridized carbons (Fsp3) is 0.143. The van der Waals surface area contributed by atoms with Gasteiger partial charge in [-0.2, -0.15) is 0 Å². The maximum Gasteiger partial charge on any atom is 0.146 e. The van der Waals surface area contributed by atoms with E-state index in [1.54, 1.807) is 6.07 Å². The number of hydrogen-bond acceptors (Lipinski definition) is 3. The Bertz CT molecular complexity index is 719. The third-order valence-electron chi connectivity index (χ3n) is 3.08. The summed E-state index contributed by atoms with van der Waals surface area (Å²) < 4.78 is 0. The summed E-state index contributed by atoms with van der Waals surface area (Å²) in [4.78, 5) is 1.45. The van der Waals surface area contributed by atoms with Crippen molar-refractivity contribution >= 4 is 18.9 Å². The summed E-state index contributed by atoms with van der Waals surface area (Å²) >= 11 is 0. The molecule has 5 heteroatoms. The average Bonchev–Trinajstić information content (AvgIpc) is 2.85. The summed E-state index contributed by atoms with van der Waals surface area (Å²) in [6.07, 6.45) is 0.412. The highest BCUT2D eigenvalue weighted by Gasteiger charge is 2.11. The molecule has 19 heavy (non-hydrogen) atoms. The lowest BCUT2D eigenvalue weighted by molar-refractivity contribution is 0.463. The first-order valence-corrected chi connectivity index (χ1v) is 6.04. The number of fused-ring (bicyclic) bond motifs is 1. The molecule has 0 aliphatic carbocycles. The van der Waals surface area contributed by atoms with Gasteiger partial charge in [0.2, 0.25) is 0 Å². The molecule has 0 atom stereocenters. The molecule has 0 aliphatic rings. The van der Waals surface area contributed by atoms with E-state index in [2.05, 4.69) is 10.2 Å². The van der Waals surface area contributed by atoms with Gasteiger partial charge in [0.25, 0.3) is 0 Å². The van der Waals surface area contributed by atoms with Crippen LogP contribution in [0.15, 0.2) is 36.4 Å². The Kier molecular flexibility index (Phi) is 2.74. The van der Waals surface area contributed by atoms with Crippen LogP contribution in [0.1, 0.15) is 11.1 Å². The second-order valence-electron chi connectivity index (χ2n) is 4.46. The molecule has 0 saturated carbocycles. The molecular formula is C14H12BN3O. The van der Waals surface area contributed by atoms with Crippen LogP contribution in [0.5, 0.6) is 5.75 Å². The smallest absolute Gasteiger partial charge is 0.146 e. The van der Waals surface area contributed by atoms with Crippen LogP contribution < -0.4 is 0 Å². The molecule has 1 heterocycles. The van der Waals surface area contributed by atoms with Gasteiger partial charge in [-0.25, -0.2) is 0 Å². The Morgan fingerprint density at radius 1 is 1.16 bits per heavy atom. The number of aromatic nitrogens is 3. The maximum absolute atomic E-state index is 10.2. The summed E-state index contributed by atoms with van der Waals surface area (Å²) in [7, 11) is 5.66. The minimum Gasteiger partial charge on any atom is -0.505 e. The van der Waals surface area contributed by atoms with Crippen LogP contribution in [0.25, 0.3) is 16.7 Å². The molecule has 92 valence electrons. The summed E-state index contributed by atoms with van der Waals surface area (Å²) in [5.74, 6) is 0.178. The van der Waals surface area contributed by atoms with Gasteiger partial charge in [0.15, 0.2) is 0 Å². The van der Waals surface area contributed by atoms with Crippen LogP contribution >= 0.6 is 0 Å². The van der Waals surface area contributed by atoms with Gasteiger partial charge in [-0.3, -0.25) is 0 Å². The first-order chi connectivity index (χ1) is 9.19. The van der Waals surface area contributed by atoms with Gasteiger partial charge in [0.05, 0.1) is 7.85 Å². The van der Waals surface area contributed by atoms with Gasteiger partial charge < -0.3 is 5.11 Å². The number of benzene rings is 2. The topological polar surface area (TPSA) is 50.9 Å². The van der Waals surface area contributed by atoms with Gasteiger partial charge in [0, 0.05) is 0 Å². The second-order valence-corrected chi connectivity index (χ2v) is 4.46. The quantitative estimate of drug-likeness (QED) is 0.707. The largest absolute Gasteiger partial charge is 0.505 e. The van der Waals surface area contributed by atoms with Crippen molar-refractivity contribution in [2.24, 2.45) is 0 Å². The van der Waals surface area contributed by atoms with E-state index in [4.69, 9.17) is 7.85 Å². The first kappa shape index (κ1) is 11.8. The SMILES string of the molecule is [B]Cc1cc(C)c(O)c(-n2nc3ccccc3n2)c1. The molecular weight excluding hydrogens is 237 g/mol. The molecule has 0 unspecified atom stereocenters. The molecule has 4 nitrogen and oxygen atoms in total. The zero-order valence-electron chi connectivity index (χ0n) is 10.5. The molecule has 0 aliphatic heterocycles. The first-order valence-electron chi connectivity index (χ1n) is 6.04. The van der Waals surface area contributed by atoms with Gasteiger partial charge in [-0.1, -0.05) is 30.1 Å². The number of phenols is 1. The Morgan fingerprint density at radius 2 is 1.79 bits per heavy atom. The lowest BCUT2D eigenvalue weighted by Crippen LogP contribution is -2.01. The van der Waals surface area contributed by atoms with E-state index in [-0.39, 0.29) is 5.75 Å². The number of phenolic OH excluding ortho intramolecular Hbond substituents is 1. The Labute approximate surface area is 112 Å². The lowest BCUT2D eigenvalue weighted by Gasteiger charge is -2.08. The average molecular weight is 249 g/mol. The zero-order valence-corrected chi connectivity index (χ0v) is 10.5. The van der Waals surface area contributed by atoms with E-state index >= 15 is 0 Å². The summed E-state index contributed by atoms with van der Waals surface area (Å²) in [5, 5.41) is 18.9. The van der Waals surface area contributed by atoms with E-state index in [1.807, 2.05) is 37.3 Å². The Morgan fingerprint density at radius 3 is 2.37 bits per heavy atom. The highest BCUT2D eigenvalue weighted by Crippen LogP contribution is 2.27. The van der Waals surface area contributed by atoms with Crippen molar-refractivity contribution in [1.82, 2.24) is 15.0 Å². The normalized spacial score (nSPS) is 11.0. The Balaban J connectivity index is 2.23. The van der Waals surface area contributed by atoms with E-state index in [0.29, 0.717) is 12.0 Å². The van der Waals surface area contributed by atoms with Crippen molar-refractivity contribution in [2.45, 2.75) is 13.2 Å². The number of nitrogens with zero attached hydrogens (tertiary/aromatic N) is 3. The number of aryl methyl sites for hydroxylation is 1. The minimum absolute atomic E-state index is 0.178. The highest BCUT2D eigenvalue weighted by atomic mass is 16.3. The number of hydrogen-bond donors (Lipinski definition) is 1. The maximum atomic E-state index is 10.2. The van der Waals surface area contributed by atoms with Crippen LogP contribution in [-0.2, 0) is 6.32 Å². The second kappa shape index (κ2) is 4.42. The predicted molar refractivity (Wildman–Crippen MR) is 74.7 cm³/mol. The van der Waals surface area contributed by atoms with E-state index in [0.717, 1.165) is 22.2 Å². The van der Waals surface area contributed by atoms with Crippen molar-refractivity contribution < 1.29 is 5.11 Å². The summed E-state index contributed by atoms with van der Waals surface area (Å²) in [6, 6.07) is 11.2. The molecule has 0 amide bonds. The van der Waals surface area contributed by atoms with Gasteiger partial charge in [0.1, 0.15) is 22.5 Å². The molecule has 3 rings (SSSR count). The van der Waals surface area contributed by atoms with Gasteiger partial charge >= 0.3 is 0 Å². The lowest BCUT2D eigenvalue weighted by atomic mass is 9.95. The van der Waals surface area contributed by atoms with Gasteiger partial charge in [-0.15, -0.1) is 15.0 Å². The monoisotopic (exact) mass is 249 g/mol. The van der Waals surface area contributed by atoms with Crippen LogP contribution in [0.2, 0.25) is 0 Å². The van der Waals surface area contributed by atoms with E-state index in [1.165, 1.54) is 4.80 Å². The zero-order chi connectivity index (χ0) is 13.4. The molecule has 2 radical (unpaired) electrons. The van der Waals surface area contributed by atoms with Crippen molar-refractivity contribution in [3.63, 3.8) is 0 Å². The molecule has 3 aromatic rings. The molecule has 1 aromatic heterocycles. The minimum atomic E-state index is 0.178. The fourth-order valence-electron chi connectivity index (χ4n) is 2.07.